The molecule has 0 aliphatic carbocycles. The maximum atomic E-state index is 13.8. The minimum atomic E-state index is -0.799. The molecule has 0 spiro atoms. The molecule has 198 valence electrons. The fourth-order valence-corrected chi connectivity index (χ4v) is 5.33. The smallest absolute Gasteiger partial charge is 0.344 e. The minimum absolute atomic E-state index is 0.216. The van der Waals surface area contributed by atoms with Crippen molar-refractivity contribution in [3.63, 3.8) is 0 Å². The Kier molecular flexibility index (Phi) is 8.48. The van der Waals surface area contributed by atoms with Crippen molar-refractivity contribution in [2.75, 3.05) is 13.2 Å². The molecule has 1 aliphatic heterocycles. The lowest BCUT2D eigenvalue weighted by Gasteiger charge is -2.26. The van der Waals surface area contributed by atoms with E-state index >= 15 is 0 Å². The summed E-state index contributed by atoms with van der Waals surface area (Å²) in [5.41, 5.74) is 1.70. The van der Waals surface area contributed by atoms with Gasteiger partial charge >= 0.3 is 11.9 Å². The SMILES string of the molecule is CCOC(=O)COc1cccc(C=c2sc3n(c2=O)C(c2ccccc2Cl)C(C(=O)OC(C)C)=C(C)N=3)c1. The number of aromatic nitrogens is 1. The maximum absolute atomic E-state index is 13.8. The van der Waals surface area contributed by atoms with E-state index in [1.165, 1.54) is 15.9 Å². The second-order valence-corrected chi connectivity index (χ2v) is 10.1. The first kappa shape index (κ1) is 27.3. The van der Waals surface area contributed by atoms with E-state index in [0.717, 1.165) is 0 Å². The lowest BCUT2D eigenvalue weighted by Crippen LogP contribution is -2.40. The first-order valence-electron chi connectivity index (χ1n) is 12.1. The van der Waals surface area contributed by atoms with Crippen molar-refractivity contribution in [1.82, 2.24) is 4.57 Å². The summed E-state index contributed by atoms with van der Waals surface area (Å²) in [6.07, 6.45) is 1.37. The van der Waals surface area contributed by atoms with Crippen LogP contribution >= 0.6 is 22.9 Å². The molecule has 4 rings (SSSR count). The van der Waals surface area contributed by atoms with Crippen molar-refractivity contribution in [3.05, 3.63) is 95.6 Å². The molecular formula is C28H27ClN2O6S. The highest BCUT2D eigenvalue weighted by atomic mass is 35.5. The average molecular weight is 555 g/mol. The quantitative estimate of drug-likeness (QED) is 0.393. The highest BCUT2D eigenvalue weighted by molar-refractivity contribution is 7.07. The molecule has 1 aromatic heterocycles. The topological polar surface area (TPSA) is 96.2 Å². The first-order valence-corrected chi connectivity index (χ1v) is 13.3. The number of hydrogen-bond donors (Lipinski definition) is 0. The van der Waals surface area contributed by atoms with Gasteiger partial charge in [-0.25, -0.2) is 14.6 Å². The van der Waals surface area contributed by atoms with E-state index in [2.05, 4.69) is 4.99 Å². The van der Waals surface area contributed by atoms with Gasteiger partial charge in [-0.05, 0) is 63.1 Å². The van der Waals surface area contributed by atoms with Gasteiger partial charge in [0, 0.05) is 5.02 Å². The number of ether oxygens (including phenoxy) is 3. The summed E-state index contributed by atoms with van der Waals surface area (Å²) in [5.74, 6) is -0.553. The number of esters is 2. The molecule has 1 aliphatic rings. The molecule has 2 heterocycles. The molecule has 8 nitrogen and oxygen atoms in total. The molecule has 0 saturated heterocycles. The molecule has 0 amide bonds. The molecule has 0 bridgehead atoms. The van der Waals surface area contributed by atoms with Crippen LogP contribution in [0.3, 0.4) is 0 Å². The summed E-state index contributed by atoms with van der Waals surface area (Å²) in [6.45, 7) is 7.03. The number of halogens is 1. The van der Waals surface area contributed by atoms with Crippen molar-refractivity contribution in [1.29, 1.82) is 0 Å². The lowest BCUT2D eigenvalue weighted by atomic mass is 9.96. The monoisotopic (exact) mass is 554 g/mol. The van der Waals surface area contributed by atoms with Gasteiger partial charge < -0.3 is 14.2 Å². The zero-order chi connectivity index (χ0) is 27.4. The number of hydrogen-bond acceptors (Lipinski definition) is 8. The van der Waals surface area contributed by atoms with Crippen LogP contribution in [0.2, 0.25) is 5.02 Å². The molecule has 38 heavy (non-hydrogen) atoms. The third kappa shape index (κ3) is 5.89. The van der Waals surface area contributed by atoms with Gasteiger partial charge in [-0.15, -0.1) is 0 Å². The highest BCUT2D eigenvalue weighted by Crippen LogP contribution is 2.34. The average Bonchev–Trinajstić information content (AvgIpc) is 3.16. The number of carbonyl (C=O) groups is 2. The van der Waals surface area contributed by atoms with Gasteiger partial charge in [-0.2, -0.15) is 0 Å². The molecule has 10 heteroatoms. The highest BCUT2D eigenvalue weighted by Gasteiger charge is 2.34. The van der Waals surface area contributed by atoms with Crippen LogP contribution in [0.1, 0.15) is 44.9 Å². The Bertz CT molecular complexity index is 1590. The molecule has 0 radical (unpaired) electrons. The van der Waals surface area contributed by atoms with Gasteiger partial charge in [-0.1, -0.05) is 53.3 Å². The van der Waals surface area contributed by atoms with E-state index in [1.807, 2.05) is 6.07 Å². The Labute approximate surface area is 228 Å². The van der Waals surface area contributed by atoms with Crippen molar-refractivity contribution < 1.29 is 23.8 Å². The standard InChI is InChI=1S/C28H27ClN2O6S/c1-5-35-23(32)15-36-19-10-8-9-18(13-19)14-22-26(33)31-25(20-11-6-7-12-21(20)29)24(27(34)37-16(2)3)17(4)30-28(31)38-22/h6-14,16,25H,5,15H2,1-4H3. The van der Waals surface area contributed by atoms with E-state index in [0.29, 0.717) is 36.9 Å². The second kappa shape index (κ2) is 11.8. The Morgan fingerprint density at radius 2 is 1.95 bits per heavy atom. The van der Waals surface area contributed by atoms with Crippen molar-refractivity contribution >= 4 is 41.0 Å². The number of allylic oxidation sites excluding steroid dienone is 1. The van der Waals surface area contributed by atoms with Crippen LogP contribution in [0.15, 0.2) is 69.6 Å². The van der Waals surface area contributed by atoms with Crippen molar-refractivity contribution in [2.24, 2.45) is 4.99 Å². The van der Waals surface area contributed by atoms with E-state index in [1.54, 1.807) is 76.2 Å². The molecule has 0 fully saturated rings. The largest absolute Gasteiger partial charge is 0.482 e. The molecule has 0 N–H and O–H groups in total. The van der Waals surface area contributed by atoms with Crippen LogP contribution in [0, 0.1) is 0 Å². The number of benzene rings is 2. The summed E-state index contributed by atoms with van der Waals surface area (Å²) in [7, 11) is 0. The number of thiazole rings is 1. The van der Waals surface area contributed by atoms with Crippen molar-refractivity contribution in [2.45, 2.75) is 39.8 Å². The molecule has 2 aromatic carbocycles. The Morgan fingerprint density at radius 3 is 2.66 bits per heavy atom. The number of carbonyl (C=O) groups excluding carboxylic acids is 2. The van der Waals surface area contributed by atoms with Crippen LogP contribution in [0.4, 0.5) is 0 Å². The lowest BCUT2D eigenvalue weighted by molar-refractivity contribution is -0.145. The third-order valence-electron chi connectivity index (χ3n) is 5.60. The summed E-state index contributed by atoms with van der Waals surface area (Å²) >= 11 is 7.76. The maximum Gasteiger partial charge on any atom is 0.344 e. The van der Waals surface area contributed by atoms with Crippen LogP contribution in [-0.2, 0) is 19.1 Å². The van der Waals surface area contributed by atoms with E-state index < -0.39 is 18.0 Å². The number of rotatable bonds is 8. The van der Waals surface area contributed by atoms with E-state index in [4.69, 9.17) is 25.8 Å². The normalized spacial score (nSPS) is 15.2. The van der Waals surface area contributed by atoms with Gasteiger partial charge in [0.2, 0.25) is 0 Å². The van der Waals surface area contributed by atoms with Gasteiger partial charge in [-0.3, -0.25) is 9.36 Å². The molecular weight excluding hydrogens is 528 g/mol. The van der Waals surface area contributed by atoms with Crippen LogP contribution in [0.5, 0.6) is 5.75 Å². The van der Waals surface area contributed by atoms with Crippen molar-refractivity contribution in [3.8, 4) is 5.75 Å². The number of fused-ring (bicyclic) bond motifs is 1. The Balaban J connectivity index is 1.80. The fourth-order valence-electron chi connectivity index (χ4n) is 4.04. The van der Waals surface area contributed by atoms with Gasteiger partial charge in [0.1, 0.15) is 11.8 Å². The molecule has 1 unspecified atom stereocenters. The fraction of sp³-hybridized carbons (Fsp3) is 0.286. The zero-order valence-electron chi connectivity index (χ0n) is 21.4. The summed E-state index contributed by atoms with van der Waals surface area (Å²) in [5, 5.41) is 0.420. The van der Waals surface area contributed by atoms with Gasteiger partial charge in [0.15, 0.2) is 11.4 Å². The van der Waals surface area contributed by atoms with Gasteiger partial charge in [0.05, 0.1) is 28.5 Å². The summed E-state index contributed by atoms with van der Waals surface area (Å²) < 4.78 is 17.8. The predicted octanol–water partition coefficient (Wildman–Crippen LogP) is 3.78. The van der Waals surface area contributed by atoms with Crippen LogP contribution in [-0.4, -0.2) is 35.8 Å². The Hall–Kier alpha value is -3.69. The first-order chi connectivity index (χ1) is 18.2. The number of nitrogens with zero attached hydrogens (tertiary/aromatic N) is 2. The second-order valence-electron chi connectivity index (χ2n) is 8.72. The molecule has 3 aromatic rings. The predicted molar refractivity (Wildman–Crippen MR) is 145 cm³/mol. The van der Waals surface area contributed by atoms with Gasteiger partial charge in [0.25, 0.3) is 5.56 Å². The molecule has 0 saturated carbocycles. The van der Waals surface area contributed by atoms with Crippen LogP contribution < -0.4 is 19.6 Å². The zero-order valence-corrected chi connectivity index (χ0v) is 23.0. The van der Waals surface area contributed by atoms with E-state index in [9.17, 15) is 14.4 Å². The minimum Gasteiger partial charge on any atom is -0.482 e. The Morgan fingerprint density at radius 1 is 1.18 bits per heavy atom. The summed E-state index contributed by atoms with van der Waals surface area (Å²) in [4.78, 5) is 43.6. The summed E-state index contributed by atoms with van der Waals surface area (Å²) in [6, 6.07) is 13.3. The molecule has 1 atom stereocenters. The van der Waals surface area contributed by atoms with E-state index in [-0.39, 0.29) is 30.5 Å². The van der Waals surface area contributed by atoms with Crippen LogP contribution in [0.25, 0.3) is 6.08 Å². The third-order valence-corrected chi connectivity index (χ3v) is 6.93.